The monoisotopic (exact) mass is 428 g/mol. The van der Waals surface area contributed by atoms with E-state index in [0.717, 1.165) is 30.2 Å². The first-order chi connectivity index (χ1) is 14.5. The predicted octanol–water partition coefficient (Wildman–Crippen LogP) is 3.59. The molecule has 0 amide bonds. The smallest absolute Gasteiger partial charge is 0.336 e. The van der Waals surface area contributed by atoms with Crippen molar-refractivity contribution in [2.75, 3.05) is 25.5 Å². The van der Waals surface area contributed by atoms with Crippen molar-refractivity contribution in [2.45, 2.75) is 30.7 Å². The Hall–Kier alpha value is -2.84. The maximum atomic E-state index is 12.9. The summed E-state index contributed by atoms with van der Waals surface area (Å²) in [7, 11) is -1.95. The van der Waals surface area contributed by atoms with Gasteiger partial charge in [0.2, 0.25) is 10.0 Å². The zero-order valence-electron chi connectivity index (χ0n) is 16.8. The fourth-order valence-electron chi connectivity index (χ4n) is 3.70. The quantitative estimate of drug-likeness (QED) is 0.604. The summed E-state index contributed by atoms with van der Waals surface area (Å²) in [6.45, 7) is 1.48. The van der Waals surface area contributed by atoms with Gasteiger partial charge in [-0.2, -0.15) is 4.31 Å². The number of ether oxygens (including phenoxy) is 1. The lowest BCUT2D eigenvalue weighted by Crippen LogP contribution is -2.35. The number of rotatable bonds is 6. The number of hydrogen-bond acceptors (Lipinski definition) is 6. The van der Waals surface area contributed by atoms with Gasteiger partial charge in [0, 0.05) is 42.8 Å². The minimum Gasteiger partial charge on any atom is -0.497 e. The maximum absolute atomic E-state index is 12.9. The summed E-state index contributed by atoms with van der Waals surface area (Å²) in [6.07, 6.45) is 2.86. The van der Waals surface area contributed by atoms with Gasteiger partial charge >= 0.3 is 5.63 Å². The van der Waals surface area contributed by atoms with Crippen LogP contribution in [0.2, 0.25) is 0 Å². The molecule has 7 nitrogen and oxygen atoms in total. The van der Waals surface area contributed by atoms with Gasteiger partial charge in [-0.05, 0) is 48.7 Å². The molecule has 8 heteroatoms. The minimum absolute atomic E-state index is 0.275. The van der Waals surface area contributed by atoms with Crippen molar-refractivity contribution in [1.82, 2.24) is 4.31 Å². The Morgan fingerprint density at radius 1 is 1.07 bits per heavy atom. The van der Waals surface area contributed by atoms with Crippen molar-refractivity contribution >= 4 is 26.7 Å². The third-order valence-electron chi connectivity index (χ3n) is 5.31. The van der Waals surface area contributed by atoms with Crippen LogP contribution in [-0.4, -0.2) is 32.9 Å². The average molecular weight is 429 g/mol. The Balaban J connectivity index is 1.58. The van der Waals surface area contributed by atoms with Crippen LogP contribution >= 0.6 is 0 Å². The SMILES string of the molecule is COc1ccc2c(CNc3cccc(S(=O)(=O)N4CCCCC4)c3)cc(=O)oc2c1. The molecule has 158 valence electrons. The first-order valence-corrected chi connectivity index (χ1v) is 11.4. The van der Waals surface area contributed by atoms with E-state index in [2.05, 4.69) is 5.32 Å². The Bertz CT molecular complexity index is 1210. The van der Waals surface area contributed by atoms with E-state index >= 15 is 0 Å². The topological polar surface area (TPSA) is 88.9 Å². The highest BCUT2D eigenvalue weighted by Gasteiger charge is 2.25. The molecule has 0 unspecified atom stereocenters. The van der Waals surface area contributed by atoms with Crippen LogP contribution in [0.4, 0.5) is 5.69 Å². The van der Waals surface area contributed by atoms with Crippen molar-refractivity contribution < 1.29 is 17.6 Å². The van der Waals surface area contributed by atoms with Crippen LogP contribution in [0.3, 0.4) is 0 Å². The lowest BCUT2D eigenvalue weighted by atomic mass is 10.1. The third kappa shape index (κ3) is 4.20. The van der Waals surface area contributed by atoms with Crippen LogP contribution < -0.4 is 15.7 Å². The Morgan fingerprint density at radius 2 is 1.87 bits per heavy atom. The molecular formula is C22H24N2O5S. The Labute approximate surface area is 175 Å². The number of anilines is 1. The standard InChI is InChI=1S/C22H24N2O5S/c1-28-18-8-9-20-16(12-22(25)29-21(20)14-18)15-23-17-6-5-7-19(13-17)30(26,27)24-10-3-2-4-11-24/h5-9,12-14,23H,2-4,10-11,15H2,1H3. The molecule has 3 aromatic rings. The summed E-state index contributed by atoms with van der Waals surface area (Å²) in [4.78, 5) is 12.2. The summed E-state index contributed by atoms with van der Waals surface area (Å²) in [5, 5.41) is 4.02. The number of fused-ring (bicyclic) bond motifs is 1. The largest absolute Gasteiger partial charge is 0.497 e. The summed E-state index contributed by atoms with van der Waals surface area (Å²) < 4.78 is 37.9. The van der Waals surface area contributed by atoms with Gasteiger partial charge in [-0.15, -0.1) is 0 Å². The summed E-state index contributed by atoms with van der Waals surface area (Å²) in [6, 6.07) is 13.5. The zero-order chi connectivity index (χ0) is 21.1. The molecule has 2 heterocycles. The normalized spacial score (nSPS) is 15.2. The molecule has 0 atom stereocenters. The van der Waals surface area contributed by atoms with Gasteiger partial charge in [0.05, 0.1) is 12.0 Å². The van der Waals surface area contributed by atoms with Gasteiger partial charge in [0.1, 0.15) is 11.3 Å². The van der Waals surface area contributed by atoms with E-state index in [4.69, 9.17) is 9.15 Å². The van der Waals surface area contributed by atoms with Crippen LogP contribution in [0.25, 0.3) is 11.0 Å². The van der Waals surface area contributed by atoms with Gasteiger partial charge in [-0.25, -0.2) is 13.2 Å². The summed E-state index contributed by atoms with van der Waals surface area (Å²) >= 11 is 0. The number of benzene rings is 2. The fraction of sp³-hybridized carbons (Fsp3) is 0.318. The molecule has 30 heavy (non-hydrogen) atoms. The maximum Gasteiger partial charge on any atom is 0.336 e. The molecule has 0 bridgehead atoms. The van der Waals surface area contributed by atoms with Crippen LogP contribution in [0.15, 0.2) is 62.6 Å². The van der Waals surface area contributed by atoms with E-state index in [-0.39, 0.29) is 4.90 Å². The molecule has 1 aromatic heterocycles. The van der Waals surface area contributed by atoms with Gasteiger partial charge < -0.3 is 14.5 Å². The van der Waals surface area contributed by atoms with E-state index in [1.807, 2.05) is 12.1 Å². The van der Waals surface area contributed by atoms with Crippen LogP contribution in [0.1, 0.15) is 24.8 Å². The van der Waals surface area contributed by atoms with Gasteiger partial charge in [0.15, 0.2) is 0 Å². The van der Waals surface area contributed by atoms with E-state index < -0.39 is 15.6 Å². The fourth-order valence-corrected chi connectivity index (χ4v) is 5.27. The van der Waals surface area contributed by atoms with Crippen LogP contribution in [0.5, 0.6) is 5.75 Å². The van der Waals surface area contributed by atoms with Crippen molar-refractivity contribution in [1.29, 1.82) is 0 Å². The molecule has 1 N–H and O–H groups in total. The lowest BCUT2D eigenvalue weighted by molar-refractivity contribution is 0.346. The second kappa shape index (κ2) is 8.49. The van der Waals surface area contributed by atoms with Crippen molar-refractivity contribution in [2.24, 2.45) is 0 Å². The van der Waals surface area contributed by atoms with Gasteiger partial charge in [-0.1, -0.05) is 12.5 Å². The second-order valence-corrected chi connectivity index (χ2v) is 9.24. The number of sulfonamides is 1. The molecular weight excluding hydrogens is 404 g/mol. The number of nitrogens with zero attached hydrogens (tertiary/aromatic N) is 1. The number of piperidine rings is 1. The van der Waals surface area contributed by atoms with E-state index in [9.17, 15) is 13.2 Å². The summed E-state index contributed by atoms with van der Waals surface area (Å²) in [5.74, 6) is 0.603. The first-order valence-electron chi connectivity index (χ1n) is 9.92. The molecule has 1 saturated heterocycles. The summed E-state index contributed by atoms with van der Waals surface area (Å²) in [5.41, 5.74) is 1.42. The average Bonchev–Trinajstić information content (AvgIpc) is 2.77. The molecule has 1 aliphatic heterocycles. The number of nitrogens with one attached hydrogen (secondary N) is 1. The Morgan fingerprint density at radius 3 is 2.63 bits per heavy atom. The van der Waals surface area contributed by atoms with E-state index in [1.165, 1.54) is 6.07 Å². The van der Waals surface area contributed by atoms with Crippen molar-refractivity contribution in [3.63, 3.8) is 0 Å². The molecule has 0 radical (unpaired) electrons. The van der Waals surface area contributed by atoms with Crippen LogP contribution in [0, 0.1) is 0 Å². The number of hydrogen-bond donors (Lipinski definition) is 1. The highest BCUT2D eigenvalue weighted by Crippen LogP contribution is 2.25. The zero-order valence-corrected chi connectivity index (χ0v) is 17.6. The van der Waals surface area contributed by atoms with E-state index in [0.29, 0.717) is 36.7 Å². The second-order valence-electron chi connectivity index (χ2n) is 7.30. The van der Waals surface area contributed by atoms with E-state index in [1.54, 1.807) is 41.7 Å². The molecule has 4 rings (SSSR count). The first kappa shape index (κ1) is 20.4. The molecule has 0 saturated carbocycles. The number of methoxy groups -OCH3 is 1. The highest BCUT2D eigenvalue weighted by molar-refractivity contribution is 7.89. The molecule has 1 fully saturated rings. The van der Waals surface area contributed by atoms with Gasteiger partial charge in [-0.3, -0.25) is 0 Å². The minimum atomic E-state index is -3.50. The highest BCUT2D eigenvalue weighted by atomic mass is 32.2. The predicted molar refractivity (Wildman–Crippen MR) is 115 cm³/mol. The molecule has 0 spiro atoms. The molecule has 1 aliphatic rings. The van der Waals surface area contributed by atoms with Crippen molar-refractivity contribution in [3.05, 3.63) is 64.5 Å². The van der Waals surface area contributed by atoms with Gasteiger partial charge in [0.25, 0.3) is 0 Å². The molecule has 0 aliphatic carbocycles. The molecule has 2 aromatic carbocycles. The third-order valence-corrected chi connectivity index (χ3v) is 7.20. The van der Waals surface area contributed by atoms with Crippen molar-refractivity contribution in [3.8, 4) is 5.75 Å². The Kier molecular flexibility index (Phi) is 5.78. The van der Waals surface area contributed by atoms with Crippen LogP contribution in [-0.2, 0) is 16.6 Å². The lowest BCUT2D eigenvalue weighted by Gasteiger charge is -2.26.